The van der Waals surface area contributed by atoms with Gasteiger partial charge in [0.2, 0.25) is 11.5 Å². The predicted octanol–water partition coefficient (Wildman–Crippen LogP) is 31.6. The van der Waals surface area contributed by atoms with Gasteiger partial charge in [0.15, 0.2) is 23.0 Å². The number of nitrogens with one attached hydrogen (secondary N) is 2. The van der Waals surface area contributed by atoms with Crippen LogP contribution in [0.4, 0.5) is 0 Å². The molecule has 16 nitrogen and oxygen atoms in total. The molecule has 2 aliphatic heterocycles. The molecule has 16 heteroatoms. The maximum atomic E-state index is 14.9. The lowest BCUT2D eigenvalue weighted by molar-refractivity contribution is 0.0594. The molecule has 0 aliphatic carbocycles. The number of hydrogen-bond acceptors (Lipinski definition) is 12. The number of nitrogens with zero attached hydrogens (tertiary/aromatic N) is 2. The molecule has 2 N–H and O–H groups in total. The normalized spacial score (nSPS) is 12.6. The van der Waals surface area contributed by atoms with Crippen molar-refractivity contribution in [3.63, 3.8) is 0 Å². The second-order valence-electron chi connectivity index (χ2n) is 38.0. The fraction of sp³-hybridized carbons (Fsp3) is 0.667. The Balaban J connectivity index is 0.877. The highest BCUT2D eigenvalue weighted by atomic mass is 16.5. The van der Waals surface area contributed by atoms with Crippen molar-refractivity contribution in [1.82, 2.24) is 20.4 Å². The minimum atomic E-state index is -0.465. The van der Waals surface area contributed by atoms with Crippen molar-refractivity contribution in [2.24, 2.45) is 0 Å². The Kier molecular flexibility index (Phi) is 51.2. The van der Waals surface area contributed by atoms with Crippen molar-refractivity contribution < 1.29 is 57.2 Å². The van der Waals surface area contributed by atoms with Crippen molar-refractivity contribution in [3.05, 3.63) is 106 Å². The number of carbonyl (C=O) groups excluding carboxylic acids is 6. The largest absolute Gasteiger partial charge is 0.490 e. The molecule has 7 aromatic carbocycles. The van der Waals surface area contributed by atoms with Crippen LogP contribution in [0.1, 0.15) is 489 Å². The van der Waals surface area contributed by atoms with Crippen LogP contribution in [0.2, 0.25) is 0 Å². The van der Waals surface area contributed by atoms with E-state index in [9.17, 15) is 28.8 Å². The number of ether oxygens (including phenoxy) is 6. The van der Waals surface area contributed by atoms with Gasteiger partial charge in [-0.05, 0) is 119 Å². The number of fused-ring (bicyclic) bond motifs is 2. The second-order valence-corrected chi connectivity index (χ2v) is 38.0. The maximum Gasteiger partial charge on any atom is 0.261 e. The first-order valence-corrected chi connectivity index (χ1v) is 53.6. The molecule has 9 rings (SSSR count). The monoisotopic (exact) mass is 1790 g/mol. The third-order valence-electron chi connectivity index (χ3n) is 27.1. The van der Waals surface area contributed by atoms with Crippen LogP contribution in [0.3, 0.4) is 0 Å². The zero-order valence-corrected chi connectivity index (χ0v) is 82.2. The summed E-state index contributed by atoms with van der Waals surface area (Å²) < 4.78 is 40.0. The number of benzene rings is 7. The van der Waals surface area contributed by atoms with E-state index in [1.807, 2.05) is 24.3 Å². The molecule has 0 unspecified atom stereocenters. The molecule has 2 aliphatic rings. The van der Waals surface area contributed by atoms with Crippen LogP contribution in [-0.4, -0.2) is 111 Å². The van der Waals surface area contributed by atoms with Crippen molar-refractivity contribution in [2.75, 3.05) is 65.8 Å². The summed E-state index contributed by atoms with van der Waals surface area (Å²) in [7, 11) is 0. The number of unbranched alkanes of at least 4 members (excludes halogenated alkanes) is 54. The molecule has 0 saturated heterocycles. The van der Waals surface area contributed by atoms with Crippen LogP contribution in [-0.2, 0) is 0 Å². The molecule has 0 radical (unpaired) electrons. The third kappa shape index (κ3) is 34.4. The van der Waals surface area contributed by atoms with Gasteiger partial charge < -0.3 is 39.1 Å². The molecule has 2 heterocycles. The van der Waals surface area contributed by atoms with E-state index < -0.39 is 23.6 Å². The Labute approximate surface area is 784 Å². The molecule has 7 aromatic rings. The van der Waals surface area contributed by atoms with E-state index in [4.69, 9.17) is 28.4 Å². The topological polar surface area (TPSA) is 188 Å². The van der Waals surface area contributed by atoms with Gasteiger partial charge >= 0.3 is 0 Å². The zero-order chi connectivity index (χ0) is 91.8. The summed E-state index contributed by atoms with van der Waals surface area (Å²) in [4.78, 5) is 91.5. The van der Waals surface area contributed by atoms with Gasteiger partial charge in [-0.3, -0.25) is 38.6 Å². The van der Waals surface area contributed by atoms with E-state index in [2.05, 4.69) is 52.2 Å². The first kappa shape index (κ1) is 106. The molecule has 0 fully saturated rings. The highest BCUT2D eigenvalue weighted by Crippen LogP contribution is 2.48. The highest BCUT2D eigenvalue weighted by Gasteiger charge is 2.38. The van der Waals surface area contributed by atoms with Gasteiger partial charge in [0, 0.05) is 70.3 Å². The lowest BCUT2D eigenvalue weighted by atomic mass is 9.82. The van der Waals surface area contributed by atoms with Gasteiger partial charge in [0.25, 0.3) is 35.4 Å². The number of rotatable bonds is 80. The molecular weight excluding hydrogens is 1620 g/mol. The smallest absolute Gasteiger partial charge is 0.261 e. The van der Waals surface area contributed by atoms with Crippen LogP contribution < -0.4 is 39.1 Å². The quantitative estimate of drug-likeness (QED) is 0.0159. The average molecular weight is 1790 g/mol. The summed E-state index contributed by atoms with van der Waals surface area (Å²) in [6.07, 6.45) is 72.4. The zero-order valence-electron chi connectivity index (χ0n) is 82.2. The highest BCUT2D eigenvalue weighted by molar-refractivity contribution is 6.41. The molecule has 130 heavy (non-hydrogen) atoms. The fourth-order valence-corrected chi connectivity index (χ4v) is 19.3. The molecule has 720 valence electrons. The SMILES string of the molecule is CCCCCCCCCCCCOc1cc(C(=O)NCCN2C(=O)c3ccc4c5ccc6c7c(ccc(c8ccc(c3c48)C2=O)c75)C(=O)N(CCNC(=O)c2cc(OCCCCCCCCCCCC)c(OCCCCCCCCCCCC)c(OCCCCCCCCCCCC)c2)C6=O)cc(OCCCCCCCCCCCC)c1OCCCCCCCCCCCC. The average Bonchev–Trinajstić information content (AvgIpc) is 0.689. The Morgan fingerprint density at radius 3 is 0.600 bits per heavy atom. The summed E-state index contributed by atoms with van der Waals surface area (Å²) >= 11 is 0. The first-order valence-electron chi connectivity index (χ1n) is 53.6. The molecule has 0 spiro atoms. The summed E-state index contributed by atoms with van der Waals surface area (Å²) in [6.45, 7) is 16.3. The second kappa shape index (κ2) is 63.1. The van der Waals surface area contributed by atoms with Gasteiger partial charge in [-0.25, -0.2) is 0 Å². The Hall–Kier alpha value is -8.14. The van der Waals surface area contributed by atoms with Gasteiger partial charge in [0.05, 0.1) is 39.6 Å². The maximum absolute atomic E-state index is 14.9. The minimum absolute atomic E-state index is 0.00837. The number of carbonyl (C=O) groups is 6. The third-order valence-corrected chi connectivity index (χ3v) is 27.1. The van der Waals surface area contributed by atoms with Crippen LogP contribution in [0.5, 0.6) is 34.5 Å². The molecular formula is C114H172N4O12. The first-order chi connectivity index (χ1) is 64.0. The van der Waals surface area contributed by atoms with Crippen molar-refractivity contribution in [2.45, 2.75) is 427 Å². The van der Waals surface area contributed by atoms with E-state index in [-0.39, 0.29) is 38.0 Å². The van der Waals surface area contributed by atoms with Crippen molar-refractivity contribution >= 4 is 78.5 Å². The van der Waals surface area contributed by atoms with E-state index in [0.717, 1.165) is 135 Å². The Morgan fingerprint density at radius 1 is 0.231 bits per heavy atom. The van der Waals surface area contributed by atoms with Crippen molar-refractivity contribution in [1.29, 1.82) is 0 Å². The van der Waals surface area contributed by atoms with Gasteiger partial charge in [-0.1, -0.05) is 413 Å². The number of hydrogen-bond donors (Lipinski definition) is 2. The van der Waals surface area contributed by atoms with E-state index >= 15 is 0 Å². The van der Waals surface area contributed by atoms with Crippen molar-refractivity contribution in [3.8, 4) is 34.5 Å². The van der Waals surface area contributed by atoms with Crippen LogP contribution in [0, 0.1) is 0 Å². The van der Waals surface area contributed by atoms with Gasteiger partial charge in [-0.15, -0.1) is 0 Å². The lowest BCUT2D eigenvalue weighted by Gasteiger charge is -2.30. The van der Waals surface area contributed by atoms with Gasteiger partial charge in [0.1, 0.15) is 0 Å². The van der Waals surface area contributed by atoms with Crippen LogP contribution in [0.25, 0.3) is 43.1 Å². The van der Waals surface area contributed by atoms with Gasteiger partial charge in [-0.2, -0.15) is 0 Å². The fourth-order valence-electron chi connectivity index (χ4n) is 19.3. The molecule has 0 atom stereocenters. The molecule has 0 bridgehead atoms. The number of amides is 6. The van der Waals surface area contributed by atoms with E-state index in [1.54, 1.807) is 48.5 Å². The standard InChI is InChI=1S/C114H172N4O12/c1-7-13-19-25-31-37-43-49-55-61-79-125-99-85-89(86-100(126-80-62-56-50-44-38-32-26-20-14-8-2)107(99)129-83-65-59-53-47-41-35-29-23-17-11-5)109(119)115-75-77-117-111(121)95-71-67-91-93-69-73-97-106-98(74-70-94(104(93)106)92-68-72-96(112(117)122)105(95)103(91)92)114(124)118(113(97)123)78-76-116-110(120)90-87-101(127-81-63-57-51-45-39-33-27-21-15-9-3)108(130-84-66-60-54-48-42-36-30-24-18-12-6)102(88-90)128-82-64-58-52-46-40-34-28-22-16-10-4/h67-74,85-88H,7-66,75-84H2,1-6H3,(H,115,119)(H,116,120). The summed E-state index contributed by atoms with van der Waals surface area (Å²) in [5, 5.41) is 11.8. The molecule has 0 aromatic heterocycles. The molecule has 0 saturated carbocycles. The molecule has 6 amide bonds. The predicted molar refractivity (Wildman–Crippen MR) is 540 cm³/mol. The summed E-state index contributed by atoms with van der Waals surface area (Å²) in [6, 6.07) is 21.8. The Morgan fingerprint density at radius 2 is 0.408 bits per heavy atom. The Bertz CT molecular complexity index is 3940. The summed E-state index contributed by atoms with van der Waals surface area (Å²) in [5.74, 6) is 0.387. The van der Waals surface area contributed by atoms with Crippen LogP contribution >= 0.6 is 0 Å². The summed E-state index contributed by atoms with van der Waals surface area (Å²) in [5.41, 5.74) is 2.16. The number of imide groups is 2. The van der Waals surface area contributed by atoms with E-state index in [0.29, 0.717) is 118 Å². The van der Waals surface area contributed by atoms with E-state index in [1.165, 1.54) is 292 Å². The minimum Gasteiger partial charge on any atom is -0.490 e. The lowest BCUT2D eigenvalue weighted by Crippen LogP contribution is -2.44. The van der Waals surface area contributed by atoms with Crippen LogP contribution in [0.15, 0.2) is 72.8 Å².